The lowest BCUT2D eigenvalue weighted by Crippen LogP contribution is -2.36. The zero-order chi connectivity index (χ0) is 15.8. The van der Waals surface area contributed by atoms with E-state index in [4.69, 9.17) is 0 Å². The molecule has 2 N–H and O–H groups in total. The summed E-state index contributed by atoms with van der Waals surface area (Å²) in [5, 5.41) is 12.3. The van der Waals surface area contributed by atoms with Crippen LogP contribution in [0.25, 0.3) is 11.1 Å². The minimum atomic E-state index is -0.782. The molecule has 116 valence electrons. The zero-order valence-corrected chi connectivity index (χ0v) is 13.5. The number of hydrogen-bond donors (Lipinski definition) is 2. The number of nitrogens with one attached hydrogen (secondary N) is 1. The summed E-state index contributed by atoms with van der Waals surface area (Å²) in [4.78, 5) is 11.2. The maximum absolute atomic E-state index is 11.2. The van der Waals surface area contributed by atoms with Crippen molar-refractivity contribution in [2.75, 3.05) is 12.0 Å². The first-order chi connectivity index (χ1) is 10.7. The van der Waals surface area contributed by atoms with Crippen LogP contribution in [0.4, 0.5) is 0 Å². The van der Waals surface area contributed by atoms with Crippen molar-refractivity contribution in [3.63, 3.8) is 0 Å². The molecule has 0 radical (unpaired) electrons. The number of aliphatic carboxylic acids is 1. The summed E-state index contributed by atoms with van der Waals surface area (Å²) >= 11 is 1.67. The lowest BCUT2D eigenvalue weighted by molar-refractivity contribution is -0.139. The van der Waals surface area contributed by atoms with E-state index in [1.807, 2.05) is 36.6 Å². The molecule has 0 aliphatic carbocycles. The average Bonchev–Trinajstić information content (AvgIpc) is 2.56. The van der Waals surface area contributed by atoms with Crippen molar-refractivity contribution in [2.24, 2.45) is 0 Å². The van der Waals surface area contributed by atoms with Gasteiger partial charge in [0, 0.05) is 6.54 Å². The predicted octanol–water partition coefficient (Wildman–Crippen LogP) is 3.65. The molecule has 0 heterocycles. The van der Waals surface area contributed by atoms with Gasteiger partial charge in [0.25, 0.3) is 0 Å². The molecule has 2 rings (SSSR count). The molecular formula is C18H21NO2S. The van der Waals surface area contributed by atoms with Crippen LogP contribution in [0.5, 0.6) is 0 Å². The number of rotatable bonds is 8. The number of carboxylic acid groups (broad SMARTS) is 1. The van der Waals surface area contributed by atoms with E-state index in [9.17, 15) is 9.90 Å². The molecule has 0 aliphatic rings. The molecule has 4 heteroatoms. The molecule has 0 saturated heterocycles. The molecule has 22 heavy (non-hydrogen) atoms. The monoisotopic (exact) mass is 315 g/mol. The summed E-state index contributed by atoms with van der Waals surface area (Å²) in [6.45, 7) is 0.570. The molecule has 3 nitrogen and oxygen atoms in total. The van der Waals surface area contributed by atoms with E-state index in [1.54, 1.807) is 11.8 Å². The van der Waals surface area contributed by atoms with Crippen LogP contribution < -0.4 is 5.32 Å². The Kier molecular flexibility index (Phi) is 6.49. The van der Waals surface area contributed by atoms with Crippen LogP contribution in [0.3, 0.4) is 0 Å². The Morgan fingerprint density at radius 2 is 1.73 bits per heavy atom. The van der Waals surface area contributed by atoms with Gasteiger partial charge in [0.2, 0.25) is 0 Å². The Bertz CT molecular complexity index is 584. The molecule has 0 aromatic heterocycles. The van der Waals surface area contributed by atoms with Crippen LogP contribution in [0.15, 0.2) is 54.6 Å². The van der Waals surface area contributed by atoms with Crippen LogP contribution in [0.2, 0.25) is 0 Å². The molecule has 0 bridgehead atoms. The van der Waals surface area contributed by atoms with E-state index in [0.29, 0.717) is 13.0 Å². The van der Waals surface area contributed by atoms with Crippen molar-refractivity contribution >= 4 is 17.7 Å². The third-order valence-electron chi connectivity index (χ3n) is 3.52. The second kappa shape index (κ2) is 8.61. The summed E-state index contributed by atoms with van der Waals surface area (Å²) in [6, 6.07) is 18.0. The quantitative estimate of drug-likeness (QED) is 0.781. The highest BCUT2D eigenvalue weighted by Crippen LogP contribution is 2.19. The largest absolute Gasteiger partial charge is 0.480 e. The van der Waals surface area contributed by atoms with Crippen molar-refractivity contribution in [3.05, 3.63) is 60.2 Å². The van der Waals surface area contributed by atoms with Gasteiger partial charge in [0.15, 0.2) is 0 Å². The number of carboxylic acids is 1. The third kappa shape index (κ3) is 4.90. The highest BCUT2D eigenvalue weighted by molar-refractivity contribution is 7.98. The van der Waals surface area contributed by atoms with Crippen LogP contribution in [0.1, 0.15) is 12.0 Å². The average molecular weight is 315 g/mol. The van der Waals surface area contributed by atoms with Gasteiger partial charge < -0.3 is 10.4 Å². The first kappa shape index (κ1) is 16.6. The minimum absolute atomic E-state index is 0.485. The molecule has 2 aromatic rings. The van der Waals surface area contributed by atoms with Gasteiger partial charge in [-0.1, -0.05) is 54.6 Å². The fraction of sp³-hybridized carbons (Fsp3) is 0.278. The maximum Gasteiger partial charge on any atom is 0.320 e. The SMILES string of the molecule is CSCCC(NCc1ccc(-c2ccccc2)cc1)C(=O)O. The van der Waals surface area contributed by atoms with Crippen LogP contribution >= 0.6 is 11.8 Å². The smallest absolute Gasteiger partial charge is 0.320 e. The van der Waals surface area contributed by atoms with Crippen LogP contribution in [0, 0.1) is 0 Å². The van der Waals surface area contributed by atoms with Crippen LogP contribution in [-0.4, -0.2) is 29.1 Å². The summed E-state index contributed by atoms with van der Waals surface area (Å²) in [7, 11) is 0. The summed E-state index contributed by atoms with van der Waals surface area (Å²) in [5.41, 5.74) is 3.45. The molecule has 0 amide bonds. The molecule has 0 fully saturated rings. The van der Waals surface area contributed by atoms with Crippen LogP contribution in [-0.2, 0) is 11.3 Å². The van der Waals surface area contributed by atoms with Crippen molar-refractivity contribution in [3.8, 4) is 11.1 Å². The van der Waals surface area contributed by atoms with E-state index in [0.717, 1.165) is 11.3 Å². The molecule has 1 unspecified atom stereocenters. The van der Waals surface area contributed by atoms with Gasteiger partial charge in [-0.05, 0) is 35.1 Å². The van der Waals surface area contributed by atoms with E-state index in [-0.39, 0.29) is 0 Å². The number of benzene rings is 2. The Hall–Kier alpha value is -1.78. The molecular weight excluding hydrogens is 294 g/mol. The second-order valence-electron chi connectivity index (χ2n) is 5.12. The third-order valence-corrected chi connectivity index (χ3v) is 4.17. The Balaban J connectivity index is 1.95. The van der Waals surface area contributed by atoms with Crippen molar-refractivity contribution in [1.29, 1.82) is 0 Å². The standard InChI is InChI=1S/C18H21NO2S/c1-22-12-11-17(18(20)21)19-13-14-7-9-16(10-8-14)15-5-3-2-4-6-15/h2-10,17,19H,11-13H2,1H3,(H,20,21). The van der Waals surface area contributed by atoms with E-state index in [2.05, 4.69) is 29.6 Å². The van der Waals surface area contributed by atoms with Gasteiger partial charge >= 0.3 is 5.97 Å². The lowest BCUT2D eigenvalue weighted by atomic mass is 10.0. The minimum Gasteiger partial charge on any atom is -0.480 e. The van der Waals surface area contributed by atoms with Crippen molar-refractivity contribution in [1.82, 2.24) is 5.32 Å². The van der Waals surface area contributed by atoms with Gasteiger partial charge in [0.1, 0.15) is 6.04 Å². The zero-order valence-electron chi connectivity index (χ0n) is 12.7. The fourth-order valence-electron chi connectivity index (χ4n) is 2.24. The summed E-state index contributed by atoms with van der Waals surface area (Å²) in [5.74, 6) is 0.0617. The topological polar surface area (TPSA) is 49.3 Å². The van der Waals surface area contributed by atoms with E-state index >= 15 is 0 Å². The van der Waals surface area contributed by atoms with Gasteiger partial charge in [-0.3, -0.25) is 4.79 Å². The van der Waals surface area contributed by atoms with Crippen molar-refractivity contribution in [2.45, 2.75) is 19.0 Å². The number of hydrogen-bond acceptors (Lipinski definition) is 3. The summed E-state index contributed by atoms with van der Waals surface area (Å²) < 4.78 is 0. The second-order valence-corrected chi connectivity index (χ2v) is 6.10. The Labute approximate surface area is 135 Å². The first-order valence-electron chi connectivity index (χ1n) is 7.30. The molecule has 2 aromatic carbocycles. The molecule has 0 saturated carbocycles. The molecule has 0 aliphatic heterocycles. The number of carbonyl (C=O) groups is 1. The maximum atomic E-state index is 11.2. The fourth-order valence-corrected chi connectivity index (χ4v) is 2.71. The normalized spacial score (nSPS) is 12.0. The van der Waals surface area contributed by atoms with Gasteiger partial charge in [-0.15, -0.1) is 0 Å². The molecule has 1 atom stereocenters. The highest BCUT2D eigenvalue weighted by Gasteiger charge is 2.15. The van der Waals surface area contributed by atoms with Gasteiger partial charge in [-0.2, -0.15) is 11.8 Å². The highest BCUT2D eigenvalue weighted by atomic mass is 32.2. The predicted molar refractivity (Wildman–Crippen MR) is 93.1 cm³/mol. The van der Waals surface area contributed by atoms with E-state index < -0.39 is 12.0 Å². The van der Waals surface area contributed by atoms with Crippen molar-refractivity contribution < 1.29 is 9.90 Å². The Morgan fingerprint density at radius 1 is 1.09 bits per heavy atom. The summed E-state index contributed by atoms with van der Waals surface area (Å²) in [6.07, 6.45) is 2.62. The molecule has 0 spiro atoms. The first-order valence-corrected chi connectivity index (χ1v) is 8.69. The van der Waals surface area contributed by atoms with Gasteiger partial charge in [0.05, 0.1) is 0 Å². The van der Waals surface area contributed by atoms with Gasteiger partial charge in [-0.25, -0.2) is 0 Å². The lowest BCUT2D eigenvalue weighted by Gasteiger charge is -2.14. The number of thioether (sulfide) groups is 1. The van der Waals surface area contributed by atoms with E-state index in [1.165, 1.54) is 11.1 Å². The Morgan fingerprint density at radius 3 is 2.32 bits per heavy atom.